The normalized spacial score (nSPS) is 11.2. The van der Waals surface area contributed by atoms with Crippen molar-refractivity contribution >= 4 is 32.6 Å². The summed E-state index contributed by atoms with van der Waals surface area (Å²) in [5, 5.41) is 0.817. The Kier molecular flexibility index (Phi) is 3.85. The number of fused-ring (bicyclic) bond motifs is 1. The molecule has 0 spiro atoms. The summed E-state index contributed by atoms with van der Waals surface area (Å²) >= 11 is 3.48. The number of aromatic amines is 1. The highest BCUT2D eigenvalue weighted by atomic mass is 79.9. The molecule has 2 aromatic heterocycles. The summed E-state index contributed by atoms with van der Waals surface area (Å²) in [4.78, 5) is 15.0. The molecule has 0 atom stereocenters. The molecular formula is C14H17BrN2O2. The molecule has 0 aliphatic heterocycles. The summed E-state index contributed by atoms with van der Waals surface area (Å²) in [6.07, 6.45) is 3.51. The molecule has 2 rings (SSSR count). The van der Waals surface area contributed by atoms with Gasteiger partial charge in [0.2, 0.25) is 0 Å². The van der Waals surface area contributed by atoms with E-state index in [2.05, 4.69) is 41.3 Å². The van der Waals surface area contributed by atoms with Crippen molar-refractivity contribution in [3.05, 3.63) is 39.4 Å². The second kappa shape index (κ2) is 5.25. The molecule has 102 valence electrons. The van der Waals surface area contributed by atoms with Crippen LogP contribution in [0, 0.1) is 5.92 Å². The molecule has 0 amide bonds. The summed E-state index contributed by atoms with van der Waals surface area (Å²) in [5.41, 5.74) is 1.31. The smallest absolute Gasteiger partial charge is 0.274 e. The van der Waals surface area contributed by atoms with Crippen LogP contribution < -0.4 is 5.56 Å². The van der Waals surface area contributed by atoms with Crippen LogP contribution in [0.2, 0.25) is 0 Å². The minimum atomic E-state index is -0.0684. The van der Waals surface area contributed by atoms with E-state index in [0.717, 1.165) is 15.4 Å². The predicted molar refractivity (Wildman–Crippen MR) is 81.1 cm³/mol. The standard InChI is InChI=1S/C14H17BrN2O2/c1-8(2)7-19-9(3)10-5-16-13-12(10)11(15)6-17(4)14(13)18/h5-6,8,16H,3,7H2,1-2,4H3. The second-order valence-electron chi connectivity index (χ2n) is 4.97. The fourth-order valence-corrected chi connectivity index (χ4v) is 2.59. The van der Waals surface area contributed by atoms with Crippen molar-refractivity contribution < 1.29 is 4.74 Å². The first kappa shape index (κ1) is 13.9. The van der Waals surface area contributed by atoms with E-state index in [1.54, 1.807) is 19.4 Å². The number of aromatic nitrogens is 2. The van der Waals surface area contributed by atoms with Crippen LogP contribution in [0.1, 0.15) is 19.4 Å². The van der Waals surface area contributed by atoms with Crippen LogP contribution in [-0.4, -0.2) is 16.2 Å². The first-order chi connectivity index (χ1) is 8.91. The van der Waals surface area contributed by atoms with Gasteiger partial charge >= 0.3 is 0 Å². The number of hydrogen-bond donors (Lipinski definition) is 1. The fraction of sp³-hybridized carbons (Fsp3) is 0.357. The number of pyridine rings is 1. The Morgan fingerprint density at radius 3 is 2.89 bits per heavy atom. The van der Waals surface area contributed by atoms with Crippen molar-refractivity contribution in [1.29, 1.82) is 0 Å². The summed E-state index contributed by atoms with van der Waals surface area (Å²) in [6.45, 7) is 8.70. The van der Waals surface area contributed by atoms with Gasteiger partial charge in [0.25, 0.3) is 5.56 Å². The first-order valence-electron chi connectivity index (χ1n) is 6.10. The molecule has 2 aromatic rings. The zero-order valence-corrected chi connectivity index (χ0v) is 12.9. The van der Waals surface area contributed by atoms with Crippen molar-refractivity contribution in [2.24, 2.45) is 13.0 Å². The largest absolute Gasteiger partial charge is 0.493 e. The molecule has 0 radical (unpaired) electrons. The monoisotopic (exact) mass is 324 g/mol. The molecule has 0 bridgehead atoms. The Bertz CT molecular complexity index is 683. The van der Waals surface area contributed by atoms with Crippen LogP contribution in [0.3, 0.4) is 0 Å². The van der Waals surface area contributed by atoms with Gasteiger partial charge in [-0.15, -0.1) is 0 Å². The predicted octanol–water partition coefficient (Wildman–Crippen LogP) is 3.27. The van der Waals surface area contributed by atoms with Crippen molar-refractivity contribution in [2.45, 2.75) is 13.8 Å². The molecule has 19 heavy (non-hydrogen) atoms. The van der Waals surface area contributed by atoms with E-state index in [0.29, 0.717) is 23.8 Å². The van der Waals surface area contributed by atoms with Gasteiger partial charge in [-0.1, -0.05) is 20.4 Å². The van der Waals surface area contributed by atoms with Crippen LogP contribution in [-0.2, 0) is 11.8 Å². The van der Waals surface area contributed by atoms with Crippen LogP contribution in [0.5, 0.6) is 0 Å². The lowest BCUT2D eigenvalue weighted by Crippen LogP contribution is -2.16. The molecule has 1 N–H and O–H groups in total. The maximum absolute atomic E-state index is 12.0. The van der Waals surface area contributed by atoms with Crippen molar-refractivity contribution in [3.8, 4) is 0 Å². The van der Waals surface area contributed by atoms with Gasteiger partial charge in [0.05, 0.1) is 6.61 Å². The van der Waals surface area contributed by atoms with Gasteiger partial charge in [0, 0.05) is 34.9 Å². The van der Waals surface area contributed by atoms with E-state index < -0.39 is 0 Å². The summed E-state index contributed by atoms with van der Waals surface area (Å²) in [5.74, 6) is 1.01. The molecule has 0 unspecified atom stereocenters. The van der Waals surface area contributed by atoms with Crippen LogP contribution in [0.25, 0.3) is 16.7 Å². The molecule has 2 heterocycles. The number of hydrogen-bond acceptors (Lipinski definition) is 2. The number of aryl methyl sites for hydroxylation is 1. The zero-order valence-electron chi connectivity index (χ0n) is 11.3. The van der Waals surface area contributed by atoms with E-state index in [4.69, 9.17) is 4.74 Å². The van der Waals surface area contributed by atoms with E-state index in [1.165, 1.54) is 4.57 Å². The Hall–Kier alpha value is -1.49. The highest BCUT2D eigenvalue weighted by Crippen LogP contribution is 2.29. The van der Waals surface area contributed by atoms with E-state index in [1.807, 2.05) is 0 Å². The quantitative estimate of drug-likeness (QED) is 0.877. The van der Waals surface area contributed by atoms with Gasteiger partial charge in [0.15, 0.2) is 0 Å². The van der Waals surface area contributed by atoms with Crippen molar-refractivity contribution in [1.82, 2.24) is 9.55 Å². The van der Waals surface area contributed by atoms with Crippen LogP contribution in [0.4, 0.5) is 0 Å². The molecule has 0 aliphatic carbocycles. The van der Waals surface area contributed by atoms with Crippen LogP contribution >= 0.6 is 15.9 Å². The Morgan fingerprint density at radius 1 is 1.58 bits per heavy atom. The number of rotatable bonds is 4. The number of nitrogens with one attached hydrogen (secondary N) is 1. The van der Waals surface area contributed by atoms with Gasteiger partial charge in [-0.05, 0) is 21.8 Å². The minimum Gasteiger partial charge on any atom is -0.493 e. The highest BCUT2D eigenvalue weighted by Gasteiger charge is 2.15. The zero-order chi connectivity index (χ0) is 14.2. The number of halogens is 1. The van der Waals surface area contributed by atoms with Gasteiger partial charge in [0.1, 0.15) is 11.3 Å². The van der Waals surface area contributed by atoms with Gasteiger partial charge < -0.3 is 14.3 Å². The van der Waals surface area contributed by atoms with Gasteiger partial charge in [-0.25, -0.2) is 0 Å². The molecular weight excluding hydrogens is 308 g/mol. The van der Waals surface area contributed by atoms with Gasteiger partial charge in [-0.2, -0.15) is 0 Å². The molecule has 0 saturated carbocycles. The number of nitrogens with zero attached hydrogens (tertiary/aromatic N) is 1. The lowest BCUT2D eigenvalue weighted by molar-refractivity contribution is 0.236. The average molecular weight is 325 g/mol. The molecule has 0 aromatic carbocycles. The Balaban J connectivity index is 2.49. The SMILES string of the molecule is C=C(OCC(C)C)c1c[nH]c2c(=O)n(C)cc(Br)c12. The Morgan fingerprint density at radius 2 is 2.26 bits per heavy atom. The number of ether oxygens (including phenoxy) is 1. The van der Waals surface area contributed by atoms with E-state index in [9.17, 15) is 4.79 Å². The lowest BCUT2D eigenvalue weighted by Gasteiger charge is -2.11. The minimum absolute atomic E-state index is 0.0684. The average Bonchev–Trinajstić information content (AvgIpc) is 2.78. The summed E-state index contributed by atoms with van der Waals surface area (Å²) in [6, 6.07) is 0. The maximum Gasteiger partial charge on any atom is 0.274 e. The highest BCUT2D eigenvalue weighted by molar-refractivity contribution is 9.10. The van der Waals surface area contributed by atoms with Crippen LogP contribution in [0.15, 0.2) is 28.2 Å². The molecule has 4 nitrogen and oxygen atoms in total. The molecule has 0 aliphatic rings. The lowest BCUT2D eigenvalue weighted by atomic mass is 10.2. The third-order valence-corrected chi connectivity index (χ3v) is 3.45. The molecule has 0 saturated heterocycles. The van der Waals surface area contributed by atoms with E-state index >= 15 is 0 Å². The number of H-pyrrole nitrogens is 1. The summed E-state index contributed by atoms with van der Waals surface area (Å²) < 4.78 is 8.01. The van der Waals surface area contributed by atoms with Crippen molar-refractivity contribution in [2.75, 3.05) is 6.61 Å². The third kappa shape index (κ3) is 2.61. The fourth-order valence-electron chi connectivity index (χ4n) is 1.87. The molecule has 0 fully saturated rings. The summed E-state index contributed by atoms with van der Waals surface area (Å²) in [7, 11) is 1.72. The van der Waals surface area contributed by atoms with Gasteiger partial charge in [-0.3, -0.25) is 4.79 Å². The first-order valence-corrected chi connectivity index (χ1v) is 6.89. The maximum atomic E-state index is 12.0. The second-order valence-corrected chi connectivity index (χ2v) is 5.83. The Labute approximate surface area is 120 Å². The topological polar surface area (TPSA) is 47.0 Å². The van der Waals surface area contributed by atoms with E-state index in [-0.39, 0.29) is 5.56 Å². The third-order valence-electron chi connectivity index (χ3n) is 2.85. The molecule has 5 heteroatoms. The van der Waals surface area contributed by atoms with Crippen molar-refractivity contribution in [3.63, 3.8) is 0 Å².